The van der Waals surface area contributed by atoms with Crippen LogP contribution in [0.4, 0.5) is 15.9 Å². The third-order valence-corrected chi connectivity index (χ3v) is 4.47. The summed E-state index contributed by atoms with van der Waals surface area (Å²) in [6.45, 7) is 2.81. The molecule has 0 aliphatic carbocycles. The fraction of sp³-hybridized carbons (Fsp3) is 0.286. The van der Waals surface area contributed by atoms with Gasteiger partial charge < -0.3 is 21.0 Å². The number of benzene rings is 1. The van der Waals surface area contributed by atoms with E-state index in [1.54, 1.807) is 42.3 Å². The van der Waals surface area contributed by atoms with Gasteiger partial charge in [0.25, 0.3) is 5.91 Å². The van der Waals surface area contributed by atoms with Crippen molar-refractivity contribution in [3.63, 3.8) is 0 Å². The van der Waals surface area contributed by atoms with Crippen LogP contribution in [0.25, 0.3) is 0 Å². The topological polar surface area (TPSA) is 117 Å². The number of para-hydroxylation sites is 1. The number of rotatable bonds is 11. The molecule has 0 saturated carbocycles. The number of anilines is 2. The quantitative estimate of drug-likeness (QED) is 0.334. The number of halogens is 1. The normalized spacial score (nSPS) is 11.7. The van der Waals surface area contributed by atoms with Crippen LogP contribution < -0.4 is 10.7 Å². The Hall–Kier alpha value is -3.62. The Labute approximate surface area is 175 Å². The summed E-state index contributed by atoms with van der Waals surface area (Å²) in [5, 5.41) is 22.2. The van der Waals surface area contributed by atoms with Gasteiger partial charge in [-0.1, -0.05) is 19.1 Å². The zero-order valence-corrected chi connectivity index (χ0v) is 17.0. The molecule has 1 heterocycles. The van der Waals surface area contributed by atoms with Crippen LogP contribution in [0.3, 0.4) is 0 Å². The number of pyridine rings is 1. The summed E-state index contributed by atoms with van der Waals surface area (Å²) in [6, 6.07) is 9.88. The third-order valence-electron chi connectivity index (χ3n) is 4.47. The molecule has 0 aliphatic heterocycles. The van der Waals surface area contributed by atoms with E-state index in [0.717, 1.165) is 12.4 Å². The monoisotopic (exact) mass is 411 g/mol. The maximum atomic E-state index is 12.9. The van der Waals surface area contributed by atoms with Crippen LogP contribution in [-0.2, 0) is 0 Å². The van der Waals surface area contributed by atoms with Crippen molar-refractivity contribution in [2.75, 3.05) is 30.9 Å². The average Bonchev–Trinajstić information content (AvgIpc) is 2.76. The summed E-state index contributed by atoms with van der Waals surface area (Å²) in [7, 11) is 1.69. The second kappa shape index (κ2) is 11.4. The highest BCUT2D eigenvalue weighted by atomic mass is 19.1. The molecule has 8 nitrogen and oxygen atoms in total. The van der Waals surface area contributed by atoms with Gasteiger partial charge in [-0.25, -0.2) is 9.37 Å². The molecule has 1 aromatic heterocycles. The maximum absolute atomic E-state index is 12.9. The van der Waals surface area contributed by atoms with Crippen molar-refractivity contribution >= 4 is 35.6 Å². The molecule has 1 amide bonds. The molecule has 1 atom stereocenters. The number of hydrogen-bond donors (Lipinski definition) is 4. The van der Waals surface area contributed by atoms with Gasteiger partial charge in [0.05, 0.1) is 23.7 Å². The van der Waals surface area contributed by atoms with Crippen LogP contribution in [0.2, 0.25) is 0 Å². The Morgan fingerprint density at radius 1 is 1.33 bits per heavy atom. The summed E-state index contributed by atoms with van der Waals surface area (Å²) in [5.74, 6) is -0.0903. The second-order valence-corrected chi connectivity index (χ2v) is 6.75. The van der Waals surface area contributed by atoms with Crippen LogP contribution in [-0.4, -0.2) is 54.1 Å². The van der Waals surface area contributed by atoms with E-state index in [4.69, 9.17) is 10.8 Å². The van der Waals surface area contributed by atoms with Gasteiger partial charge in [-0.15, -0.1) is 0 Å². The van der Waals surface area contributed by atoms with Gasteiger partial charge in [-0.3, -0.25) is 10.2 Å². The van der Waals surface area contributed by atoms with Crippen LogP contribution in [0.15, 0.2) is 47.7 Å². The lowest BCUT2D eigenvalue weighted by atomic mass is 10.0. The molecule has 4 N–H and O–H groups in total. The first-order valence-corrected chi connectivity index (χ1v) is 9.47. The minimum atomic E-state index is -0.396. The van der Waals surface area contributed by atoms with Gasteiger partial charge in [0, 0.05) is 44.4 Å². The first-order valence-electron chi connectivity index (χ1n) is 9.47. The van der Waals surface area contributed by atoms with Crippen molar-refractivity contribution in [3.05, 3.63) is 54.0 Å². The van der Waals surface area contributed by atoms with E-state index >= 15 is 0 Å². The van der Waals surface area contributed by atoms with Gasteiger partial charge in [0.2, 0.25) is 0 Å². The fourth-order valence-electron chi connectivity index (χ4n) is 2.61. The van der Waals surface area contributed by atoms with Gasteiger partial charge in [0.15, 0.2) is 0 Å². The zero-order valence-electron chi connectivity index (χ0n) is 17.0. The van der Waals surface area contributed by atoms with Crippen molar-refractivity contribution in [2.45, 2.75) is 13.3 Å². The zero-order chi connectivity index (χ0) is 21.9. The molecule has 9 heteroatoms. The van der Waals surface area contributed by atoms with E-state index in [9.17, 15) is 9.18 Å². The first kappa shape index (κ1) is 22.7. The molecule has 0 saturated heterocycles. The third kappa shape index (κ3) is 6.77. The van der Waals surface area contributed by atoms with Gasteiger partial charge in [0.1, 0.15) is 11.6 Å². The van der Waals surface area contributed by atoms with Crippen molar-refractivity contribution < 1.29 is 9.18 Å². The molecule has 0 spiro atoms. The number of aromatic nitrogens is 1. The summed E-state index contributed by atoms with van der Waals surface area (Å²) in [6.07, 6.45) is 3.89. The molecule has 1 unspecified atom stereocenters. The highest BCUT2D eigenvalue weighted by molar-refractivity contribution is 6.14. The van der Waals surface area contributed by atoms with Gasteiger partial charge in [-0.05, 0) is 24.3 Å². The Morgan fingerprint density at radius 2 is 2.10 bits per heavy atom. The van der Waals surface area contributed by atoms with Crippen LogP contribution in [0, 0.1) is 22.6 Å². The van der Waals surface area contributed by atoms with E-state index in [-0.39, 0.29) is 11.8 Å². The molecule has 0 bridgehead atoms. The number of carbonyl (C=O) groups is 1. The lowest BCUT2D eigenvalue weighted by molar-refractivity contribution is 0.0799. The van der Waals surface area contributed by atoms with Crippen LogP contribution >= 0.6 is 0 Å². The molecule has 30 heavy (non-hydrogen) atoms. The highest BCUT2D eigenvalue weighted by Crippen LogP contribution is 2.17. The van der Waals surface area contributed by atoms with Crippen LogP contribution in [0.1, 0.15) is 23.7 Å². The Kier molecular flexibility index (Phi) is 8.61. The van der Waals surface area contributed by atoms with Crippen molar-refractivity contribution in [2.24, 2.45) is 11.0 Å². The number of hydrazone groups is 1. The number of nitrogens with one attached hydrogen (secondary N) is 4. The molecular formula is C21H26FN7O. The van der Waals surface area contributed by atoms with E-state index in [0.29, 0.717) is 42.3 Å². The summed E-state index contributed by atoms with van der Waals surface area (Å²) in [4.78, 5) is 18.3. The van der Waals surface area contributed by atoms with E-state index < -0.39 is 5.82 Å². The predicted molar refractivity (Wildman–Crippen MR) is 118 cm³/mol. The Balaban J connectivity index is 1.86. The van der Waals surface area contributed by atoms with Crippen molar-refractivity contribution in [3.8, 4) is 0 Å². The van der Waals surface area contributed by atoms with Crippen LogP contribution in [0.5, 0.6) is 0 Å². The van der Waals surface area contributed by atoms with E-state index in [1.807, 2.05) is 6.92 Å². The molecule has 0 aliphatic rings. The minimum Gasteiger partial charge on any atom is -0.369 e. The first-order chi connectivity index (χ1) is 14.4. The van der Waals surface area contributed by atoms with E-state index in [1.165, 1.54) is 12.3 Å². The van der Waals surface area contributed by atoms with Crippen molar-refractivity contribution in [1.29, 1.82) is 10.8 Å². The molecule has 0 fully saturated rings. The number of hydrogen-bond acceptors (Lipinski definition) is 7. The highest BCUT2D eigenvalue weighted by Gasteiger charge is 2.17. The largest absolute Gasteiger partial charge is 0.369 e. The molecular weight excluding hydrogens is 385 g/mol. The molecule has 0 radical (unpaired) electrons. The SMILES string of the molecule is CC(CNc1ccc(F)cn1)C(=N)CCN(C)C(=O)c1ccccc1N/N=C\C=N. The summed E-state index contributed by atoms with van der Waals surface area (Å²) in [5.41, 5.74) is 4.28. The molecule has 2 rings (SSSR count). The molecule has 2 aromatic rings. The van der Waals surface area contributed by atoms with Gasteiger partial charge in [-0.2, -0.15) is 5.10 Å². The summed E-state index contributed by atoms with van der Waals surface area (Å²) < 4.78 is 12.9. The molecule has 158 valence electrons. The standard InChI is InChI=1S/C21H26FN7O/c1-15(13-25-20-8-7-16(22)14-26-20)18(24)9-12-29(2)21(30)17-5-3-4-6-19(17)28-27-11-10-23/h3-8,10-11,14-15,23-24,28H,9,12-13H2,1-2H3,(H,25,26)/b23-10?,24-18?,27-11-. The second-order valence-electron chi connectivity index (χ2n) is 6.75. The predicted octanol–water partition coefficient (Wildman–Crippen LogP) is 3.50. The lowest BCUT2D eigenvalue weighted by Gasteiger charge is -2.21. The number of nitrogens with zero attached hydrogens (tertiary/aromatic N) is 3. The number of carbonyl (C=O) groups excluding carboxylic acids is 1. The minimum absolute atomic E-state index is 0.0650. The number of amides is 1. The average molecular weight is 411 g/mol. The Morgan fingerprint density at radius 3 is 2.80 bits per heavy atom. The lowest BCUT2D eigenvalue weighted by Crippen LogP contribution is -2.31. The maximum Gasteiger partial charge on any atom is 0.255 e. The summed E-state index contributed by atoms with van der Waals surface area (Å²) >= 11 is 0. The van der Waals surface area contributed by atoms with E-state index in [2.05, 4.69) is 20.8 Å². The van der Waals surface area contributed by atoms with Crippen molar-refractivity contribution in [1.82, 2.24) is 9.88 Å². The fourth-order valence-corrected chi connectivity index (χ4v) is 2.61. The molecule has 1 aromatic carbocycles. The smallest absolute Gasteiger partial charge is 0.255 e. The van der Waals surface area contributed by atoms with Gasteiger partial charge >= 0.3 is 0 Å². The Bertz CT molecular complexity index is 898.